The summed E-state index contributed by atoms with van der Waals surface area (Å²) in [5.41, 5.74) is 1.17. The van der Waals surface area contributed by atoms with E-state index in [9.17, 15) is 4.79 Å². The van der Waals surface area contributed by atoms with E-state index < -0.39 is 0 Å². The van der Waals surface area contributed by atoms with Gasteiger partial charge >= 0.3 is 0 Å². The highest BCUT2D eigenvalue weighted by Crippen LogP contribution is 1.97. The molecule has 0 aromatic carbocycles. The van der Waals surface area contributed by atoms with Crippen LogP contribution in [0.4, 0.5) is 0 Å². The molecule has 1 aromatic heterocycles. The van der Waals surface area contributed by atoms with E-state index in [4.69, 9.17) is 5.11 Å². The van der Waals surface area contributed by atoms with Gasteiger partial charge in [-0.3, -0.25) is 9.78 Å². The summed E-state index contributed by atoms with van der Waals surface area (Å²) in [6.07, 6.45) is 6.26. The molecule has 0 radical (unpaired) electrons. The minimum atomic E-state index is 0.0579. The highest BCUT2D eigenvalue weighted by atomic mass is 16.2. The van der Waals surface area contributed by atoms with Gasteiger partial charge in [0.05, 0.1) is 0 Å². The van der Waals surface area contributed by atoms with Crippen molar-refractivity contribution in [2.75, 3.05) is 13.2 Å². The molecular formula is C12H18N2O2. The van der Waals surface area contributed by atoms with Crippen LogP contribution in [-0.2, 0) is 11.2 Å². The van der Waals surface area contributed by atoms with Gasteiger partial charge in [0.2, 0.25) is 5.91 Å². The number of unbranched alkanes of at least 4 members (excludes halogenated alkanes) is 1. The van der Waals surface area contributed by atoms with Crippen molar-refractivity contribution in [1.82, 2.24) is 10.3 Å². The second-order valence-electron chi connectivity index (χ2n) is 3.64. The Morgan fingerprint density at radius 2 is 2.06 bits per heavy atom. The summed E-state index contributed by atoms with van der Waals surface area (Å²) in [6.45, 7) is 0.812. The number of aliphatic hydroxyl groups excluding tert-OH is 1. The van der Waals surface area contributed by atoms with Gasteiger partial charge in [0.1, 0.15) is 0 Å². The van der Waals surface area contributed by atoms with E-state index >= 15 is 0 Å². The summed E-state index contributed by atoms with van der Waals surface area (Å²) in [4.78, 5) is 15.2. The van der Waals surface area contributed by atoms with Crippen molar-refractivity contribution in [2.45, 2.75) is 25.7 Å². The van der Waals surface area contributed by atoms with Crippen molar-refractivity contribution < 1.29 is 9.90 Å². The van der Waals surface area contributed by atoms with E-state index in [0.29, 0.717) is 19.4 Å². The predicted molar refractivity (Wildman–Crippen MR) is 61.9 cm³/mol. The second-order valence-corrected chi connectivity index (χ2v) is 3.64. The van der Waals surface area contributed by atoms with Crippen LogP contribution < -0.4 is 5.32 Å². The lowest BCUT2D eigenvalue weighted by atomic mass is 10.2. The molecule has 1 heterocycles. The standard InChI is InChI=1S/C12H18N2O2/c15-10-2-1-3-12(16)14-9-6-11-4-7-13-8-5-11/h4-5,7-8,15H,1-3,6,9-10H2,(H,14,16). The normalized spacial score (nSPS) is 10.1. The third-order valence-corrected chi connectivity index (χ3v) is 2.30. The van der Waals surface area contributed by atoms with Crippen molar-refractivity contribution in [1.29, 1.82) is 0 Å². The second kappa shape index (κ2) is 7.82. The Bertz CT molecular complexity index is 301. The summed E-state index contributed by atoms with van der Waals surface area (Å²) in [7, 11) is 0. The number of carbonyl (C=O) groups is 1. The van der Waals surface area contributed by atoms with Crippen molar-refractivity contribution in [3.8, 4) is 0 Å². The van der Waals surface area contributed by atoms with Crippen LogP contribution in [0.15, 0.2) is 24.5 Å². The molecule has 4 heteroatoms. The molecular weight excluding hydrogens is 204 g/mol. The largest absolute Gasteiger partial charge is 0.396 e. The summed E-state index contributed by atoms with van der Waals surface area (Å²) >= 11 is 0. The molecule has 0 saturated heterocycles. The van der Waals surface area contributed by atoms with Crippen LogP contribution in [0.5, 0.6) is 0 Å². The van der Waals surface area contributed by atoms with Gasteiger partial charge in [-0.2, -0.15) is 0 Å². The Balaban J connectivity index is 2.09. The SMILES string of the molecule is O=C(CCCCO)NCCc1ccncc1. The molecule has 0 unspecified atom stereocenters. The van der Waals surface area contributed by atoms with E-state index in [1.54, 1.807) is 12.4 Å². The minimum Gasteiger partial charge on any atom is -0.396 e. The number of amides is 1. The molecule has 1 amide bonds. The number of nitrogens with one attached hydrogen (secondary N) is 1. The maximum absolute atomic E-state index is 11.3. The molecule has 0 atom stereocenters. The first-order valence-corrected chi connectivity index (χ1v) is 5.59. The summed E-state index contributed by atoms with van der Waals surface area (Å²) < 4.78 is 0. The van der Waals surface area contributed by atoms with Crippen molar-refractivity contribution >= 4 is 5.91 Å². The molecule has 1 aromatic rings. The molecule has 0 aliphatic carbocycles. The van der Waals surface area contributed by atoms with Gasteiger partial charge in [0, 0.05) is 32.0 Å². The molecule has 0 spiro atoms. The van der Waals surface area contributed by atoms with E-state index in [2.05, 4.69) is 10.3 Å². The first-order valence-electron chi connectivity index (χ1n) is 5.59. The average Bonchev–Trinajstić information content (AvgIpc) is 2.31. The summed E-state index contributed by atoms with van der Waals surface area (Å²) in [5.74, 6) is 0.0579. The lowest BCUT2D eigenvalue weighted by molar-refractivity contribution is -0.121. The van der Waals surface area contributed by atoms with Crippen molar-refractivity contribution in [3.63, 3.8) is 0 Å². The number of carbonyl (C=O) groups excluding carboxylic acids is 1. The molecule has 16 heavy (non-hydrogen) atoms. The molecule has 0 aliphatic rings. The smallest absolute Gasteiger partial charge is 0.220 e. The van der Waals surface area contributed by atoms with Crippen molar-refractivity contribution in [3.05, 3.63) is 30.1 Å². The van der Waals surface area contributed by atoms with Crippen LogP contribution in [0.25, 0.3) is 0 Å². The fourth-order valence-corrected chi connectivity index (χ4v) is 1.38. The first-order chi connectivity index (χ1) is 7.83. The van der Waals surface area contributed by atoms with Gasteiger partial charge < -0.3 is 10.4 Å². The lowest BCUT2D eigenvalue weighted by Gasteiger charge is -2.04. The number of aliphatic hydroxyl groups is 1. The fourth-order valence-electron chi connectivity index (χ4n) is 1.38. The maximum atomic E-state index is 11.3. The highest BCUT2D eigenvalue weighted by molar-refractivity contribution is 5.75. The fraction of sp³-hybridized carbons (Fsp3) is 0.500. The molecule has 2 N–H and O–H groups in total. The number of hydrogen-bond acceptors (Lipinski definition) is 3. The zero-order chi connectivity index (χ0) is 11.6. The molecule has 4 nitrogen and oxygen atoms in total. The Kier molecular flexibility index (Phi) is 6.18. The van der Waals surface area contributed by atoms with Gasteiger partial charge in [-0.15, -0.1) is 0 Å². The van der Waals surface area contributed by atoms with Crippen molar-refractivity contribution in [2.24, 2.45) is 0 Å². The lowest BCUT2D eigenvalue weighted by Crippen LogP contribution is -2.25. The van der Waals surface area contributed by atoms with Gasteiger partial charge in [-0.25, -0.2) is 0 Å². The predicted octanol–water partition coefficient (Wildman–Crippen LogP) is 0.903. The molecule has 0 aliphatic heterocycles. The Labute approximate surface area is 95.7 Å². The maximum Gasteiger partial charge on any atom is 0.220 e. The van der Waals surface area contributed by atoms with Gasteiger partial charge in [0.25, 0.3) is 0 Å². The number of nitrogens with zero attached hydrogens (tertiary/aromatic N) is 1. The number of rotatable bonds is 7. The zero-order valence-corrected chi connectivity index (χ0v) is 9.35. The van der Waals surface area contributed by atoms with E-state index in [0.717, 1.165) is 12.8 Å². The van der Waals surface area contributed by atoms with Crippen LogP contribution in [0.1, 0.15) is 24.8 Å². The van der Waals surface area contributed by atoms with Gasteiger partial charge in [0.15, 0.2) is 0 Å². The van der Waals surface area contributed by atoms with Crippen LogP contribution in [0.3, 0.4) is 0 Å². The topological polar surface area (TPSA) is 62.2 Å². The number of aromatic nitrogens is 1. The Morgan fingerprint density at radius 3 is 2.75 bits per heavy atom. The van der Waals surface area contributed by atoms with E-state index in [1.807, 2.05) is 12.1 Å². The third kappa shape index (κ3) is 5.46. The van der Waals surface area contributed by atoms with Crippen LogP contribution in [-0.4, -0.2) is 29.1 Å². The summed E-state index contributed by atoms with van der Waals surface area (Å²) in [5, 5.41) is 11.4. The minimum absolute atomic E-state index is 0.0579. The first kappa shape index (κ1) is 12.6. The van der Waals surface area contributed by atoms with E-state index in [1.165, 1.54) is 5.56 Å². The van der Waals surface area contributed by atoms with Crippen LogP contribution in [0, 0.1) is 0 Å². The van der Waals surface area contributed by atoms with Gasteiger partial charge in [-0.1, -0.05) is 0 Å². The molecule has 0 fully saturated rings. The molecule has 1 rings (SSSR count). The van der Waals surface area contributed by atoms with Crippen LogP contribution in [0.2, 0.25) is 0 Å². The Hall–Kier alpha value is -1.42. The molecule has 0 saturated carbocycles. The third-order valence-electron chi connectivity index (χ3n) is 2.30. The molecule has 88 valence electrons. The zero-order valence-electron chi connectivity index (χ0n) is 9.35. The average molecular weight is 222 g/mol. The van der Waals surface area contributed by atoms with E-state index in [-0.39, 0.29) is 12.5 Å². The number of pyridine rings is 1. The Morgan fingerprint density at radius 1 is 1.31 bits per heavy atom. The highest BCUT2D eigenvalue weighted by Gasteiger charge is 2.00. The quantitative estimate of drug-likeness (QED) is 0.674. The monoisotopic (exact) mass is 222 g/mol. The summed E-state index contributed by atoms with van der Waals surface area (Å²) in [6, 6.07) is 3.88. The number of hydrogen-bond donors (Lipinski definition) is 2. The van der Waals surface area contributed by atoms with Crippen LogP contribution >= 0.6 is 0 Å². The molecule has 0 bridgehead atoms. The van der Waals surface area contributed by atoms with Gasteiger partial charge in [-0.05, 0) is 37.0 Å².